The summed E-state index contributed by atoms with van der Waals surface area (Å²) in [4.78, 5) is 14.6. The predicted molar refractivity (Wildman–Crippen MR) is 126 cm³/mol. The van der Waals surface area contributed by atoms with Crippen molar-refractivity contribution in [2.45, 2.75) is 6.92 Å². The zero-order valence-electron chi connectivity index (χ0n) is 15.9. The Morgan fingerprint density at radius 2 is 2.00 bits per heavy atom. The van der Waals surface area contributed by atoms with Gasteiger partial charge in [0, 0.05) is 6.54 Å². The molecule has 0 aliphatic carbocycles. The highest BCUT2D eigenvalue weighted by molar-refractivity contribution is 9.10. The standard InChI is InChI=1S/C22H20BrNO3S2/c1-3-9-24-21(25)20(29-22(24)28)14-16-7-8-19(18(23)13-16)27-11-10-26-17-6-4-5-15(2)12-17/h3-8,12-14H,1,9-11H2,2H3/b20-14-. The highest BCUT2D eigenvalue weighted by Gasteiger charge is 2.30. The Labute approximate surface area is 188 Å². The highest BCUT2D eigenvalue weighted by atomic mass is 79.9. The molecule has 2 aromatic rings. The first-order valence-corrected chi connectivity index (χ1v) is 11.0. The molecule has 1 saturated heterocycles. The highest BCUT2D eigenvalue weighted by Crippen LogP contribution is 2.34. The molecular weight excluding hydrogens is 470 g/mol. The van der Waals surface area contributed by atoms with Crippen LogP contribution in [0.5, 0.6) is 11.5 Å². The number of amides is 1. The topological polar surface area (TPSA) is 38.8 Å². The Hall–Kier alpha value is -2.09. The summed E-state index contributed by atoms with van der Waals surface area (Å²) in [5, 5.41) is 0. The van der Waals surface area contributed by atoms with Gasteiger partial charge < -0.3 is 9.47 Å². The lowest BCUT2D eigenvalue weighted by Crippen LogP contribution is -2.27. The van der Waals surface area contributed by atoms with Crippen LogP contribution in [0.25, 0.3) is 6.08 Å². The number of halogens is 1. The number of rotatable bonds is 8. The number of carbonyl (C=O) groups is 1. The van der Waals surface area contributed by atoms with Crippen molar-refractivity contribution in [3.8, 4) is 11.5 Å². The van der Waals surface area contributed by atoms with Crippen LogP contribution in [0, 0.1) is 6.92 Å². The molecule has 29 heavy (non-hydrogen) atoms. The van der Waals surface area contributed by atoms with E-state index in [0.717, 1.165) is 21.3 Å². The van der Waals surface area contributed by atoms with E-state index < -0.39 is 0 Å². The number of benzene rings is 2. The number of thioether (sulfide) groups is 1. The third-order valence-corrected chi connectivity index (χ3v) is 6.04. The molecule has 2 aromatic carbocycles. The maximum atomic E-state index is 12.4. The molecule has 1 aliphatic heterocycles. The number of aryl methyl sites for hydroxylation is 1. The first-order chi connectivity index (χ1) is 14.0. The Morgan fingerprint density at radius 3 is 2.72 bits per heavy atom. The fraction of sp³-hybridized carbons (Fsp3) is 0.182. The molecule has 0 saturated carbocycles. The van der Waals surface area contributed by atoms with Crippen LogP contribution in [-0.4, -0.2) is 34.9 Å². The molecule has 0 bridgehead atoms. The van der Waals surface area contributed by atoms with E-state index in [4.69, 9.17) is 21.7 Å². The number of hydrogen-bond donors (Lipinski definition) is 0. The number of ether oxygens (including phenoxy) is 2. The fourth-order valence-electron chi connectivity index (χ4n) is 2.68. The van der Waals surface area contributed by atoms with Gasteiger partial charge in [0.05, 0.1) is 9.38 Å². The number of nitrogens with zero attached hydrogens (tertiary/aromatic N) is 1. The van der Waals surface area contributed by atoms with E-state index in [1.165, 1.54) is 11.8 Å². The van der Waals surface area contributed by atoms with Crippen molar-refractivity contribution in [1.29, 1.82) is 0 Å². The third kappa shape index (κ3) is 5.72. The van der Waals surface area contributed by atoms with Gasteiger partial charge in [0.25, 0.3) is 5.91 Å². The van der Waals surface area contributed by atoms with Crippen LogP contribution in [0.3, 0.4) is 0 Å². The average Bonchev–Trinajstić information content (AvgIpc) is 2.94. The quantitative estimate of drug-likeness (QED) is 0.208. The molecule has 150 valence electrons. The monoisotopic (exact) mass is 489 g/mol. The summed E-state index contributed by atoms with van der Waals surface area (Å²) in [5.41, 5.74) is 2.04. The Balaban J connectivity index is 1.58. The SMILES string of the molecule is C=CCN1C(=O)/C(=C/c2ccc(OCCOc3cccc(C)c3)c(Br)c2)SC1=S. The van der Waals surface area contributed by atoms with Crippen molar-refractivity contribution in [3.05, 3.63) is 75.6 Å². The van der Waals surface area contributed by atoms with Crippen LogP contribution in [-0.2, 0) is 4.79 Å². The Bertz CT molecular complexity index is 974. The second-order valence-electron chi connectivity index (χ2n) is 6.28. The van der Waals surface area contributed by atoms with E-state index >= 15 is 0 Å². The predicted octanol–water partition coefficient (Wildman–Crippen LogP) is 5.60. The summed E-state index contributed by atoms with van der Waals surface area (Å²) in [6.45, 7) is 6.98. The summed E-state index contributed by atoms with van der Waals surface area (Å²) in [5.74, 6) is 1.45. The van der Waals surface area contributed by atoms with Crippen molar-refractivity contribution < 1.29 is 14.3 Å². The van der Waals surface area contributed by atoms with Gasteiger partial charge >= 0.3 is 0 Å². The Morgan fingerprint density at radius 1 is 1.21 bits per heavy atom. The zero-order valence-corrected chi connectivity index (χ0v) is 19.1. The lowest BCUT2D eigenvalue weighted by atomic mass is 10.2. The second kappa shape index (κ2) is 10.1. The second-order valence-corrected chi connectivity index (χ2v) is 8.81. The minimum Gasteiger partial charge on any atom is -0.490 e. The molecule has 0 radical (unpaired) electrons. The lowest BCUT2D eigenvalue weighted by Gasteiger charge is -2.11. The van der Waals surface area contributed by atoms with Gasteiger partial charge in [-0.1, -0.05) is 48.3 Å². The van der Waals surface area contributed by atoms with Crippen molar-refractivity contribution >= 4 is 56.2 Å². The van der Waals surface area contributed by atoms with Crippen molar-refractivity contribution in [2.75, 3.05) is 19.8 Å². The summed E-state index contributed by atoms with van der Waals surface area (Å²) in [6.07, 6.45) is 3.50. The van der Waals surface area contributed by atoms with Gasteiger partial charge in [-0.3, -0.25) is 9.69 Å². The molecule has 0 spiro atoms. The fourth-order valence-corrected chi connectivity index (χ4v) is 4.46. The van der Waals surface area contributed by atoms with Gasteiger partial charge in [-0.05, 0) is 64.3 Å². The number of carbonyl (C=O) groups excluding carboxylic acids is 1. The third-order valence-electron chi connectivity index (χ3n) is 4.04. The van der Waals surface area contributed by atoms with Crippen LogP contribution >= 0.6 is 39.9 Å². The van der Waals surface area contributed by atoms with E-state index in [9.17, 15) is 4.79 Å². The van der Waals surface area contributed by atoms with E-state index in [0.29, 0.717) is 34.7 Å². The first kappa shape index (κ1) is 21.6. The number of thiocarbonyl (C=S) groups is 1. The minimum atomic E-state index is -0.0929. The van der Waals surface area contributed by atoms with Gasteiger partial charge in [-0.2, -0.15) is 0 Å². The van der Waals surface area contributed by atoms with Gasteiger partial charge in [-0.15, -0.1) is 6.58 Å². The molecule has 1 fully saturated rings. The molecule has 0 atom stereocenters. The van der Waals surface area contributed by atoms with Gasteiger partial charge in [-0.25, -0.2) is 0 Å². The van der Waals surface area contributed by atoms with Gasteiger partial charge in [0.2, 0.25) is 0 Å². The molecule has 4 nitrogen and oxygen atoms in total. The smallest absolute Gasteiger partial charge is 0.266 e. The molecule has 1 heterocycles. The van der Waals surface area contributed by atoms with E-state index in [2.05, 4.69) is 22.5 Å². The molecule has 7 heteroatoms. The van der Waals surface area contributed by atoms with Gasteiger partial charge in [0.1, 0.15) is 29.0 Å². The average molecular weight is 490 g/mol. The summed E-state index contributed by atoms with van der Waals surface area (Å²) in [7, 11) is 0. The van der Waals surface area contributed by atoms with Crippen LogP contribution in [0.4, 0.5) is 0 Å². The molecular formula is C22H20BrNO3S2. The van der Waals surface area contributed by atoms with Crippen molar-refractivity contribution in [2.24, 2.45) is 0 Å². The van der Waals surface area contributed by atoms with Crippen molar-refractivity contribution in [3.63, 3.8) is 0 Å². The van der Waals surface area contributed by atoms with Crippen molar-refractivity contribution in [1.82, 2.24) is 4.90 Å². The van der Waals surface area contributed by atoms with E-state index in [1.807, 2.05) is 55.5 Å². The minimum absolute atomic E-state index is 0.0929. The van der Waals surface area contributed by atoms with E-state index in [1.54, 1.807) is 11.0 Å². The van der Waals surface area contributed by atoms with E-state index in [-0.39, 0.29) is 5.91 Å². The maximum Gasteiger partial charge on any atom is 0.266 e. The molecule has 0 N–H and O–H groups in total. The normalized spacial score (nSPS) is 15.1. The molecule has 1 aliphatic rings. The van der Waals surface area contributed by atoms with Crippen LogP contribution in [0.2, 0.25) is 0 Å². The van der Waals surface area contributed by atoms with Crippen LogP contribution < -0.4 is 9.47 Å². The molecule has 0 aromatic heterocycles. The van der Waals surface area contributed by atoms with Gasteiger partial charge in [0.15, 0.2) is 0 Å². The summed E-state index contributed by atoms with van der Waals surface area (Å²) >= 11 is 10.1. The summed E-state index contributed by atoms with van der Waals surface area (Å²) in [6, 6.07) is 13.6. The lowest BCUT2D eigenvalue weighted by molar-refractivity contribution is -0.121. The zero-order chi connectivity index (χ0) is 20.8. The number of hydrogen-bond acceptors (Lipinski definition) is 5. The maximum absolute atomic E-state index is 12.4. The Kier molecular flexibility index (Phi) is 7.52. The molecule has 1 amide bonds. The van der Waals surface area contributed by atoms with Crippen LogP contribution in [0.1, 0.15) is 11.1 Å². The molecule has 0 unspecified atom stereocenters. The first-order valence-electron chi connectivity index (χ1n) is 8.96. The molecule has 3 rings (SSSR count). The summed E-state index contributed by atoms with van der Waals surface area (Å²) < 4.78 is 12.9. The van der Waals surface area contributed by atoms with Crippen LogP contribution in [0.15, 0.2) is 64.5 Å². The largest absolute Gasteiger partial charge is 0.490 e.